The highest BCUT2D eigenvalue weighted by atomic mass is 35.5. The molecular weight excluding hydrogens is 321 g/mol. The first kappa shape index (κ1) is 19.6. The zero-order valence-electron chi connectivity index (χ0n) is 11.6. The molecule has 1 unspecified atom stereocenters. The number of nitrogens with zero attached hydrogens (tertiary/aromatic N) is 1. The van der Waals surface area contributed by atoms with Gasteiger partial charge in [0, 0.05) is 18.0 Å². The van der Waals surface area contributed by atoms with Crippen LogP contribution in [0.5, 0.6) is 0 Å². The van der Waals surface area contributed by atoms with Crippen LogP contribution in [0.3, 0.4) is 0 Å². The van der Waals surface area contributed by atoms with Gasteiger partial charge in [0.2, 0.25) is 5.91 Å². The van der Waals surface area contributed by atoms with Crippen LogP contribution in [0.2, 0.25) is 0 Å². The number of hydrogen-bond donors (Lipinski definition) is 2. The van der Waals surface area contributed by atoms with Gasteiger partial charge >= 0.3 is 0 Å². The van der Waals surface area contributed by atoms with Crippen LogP contribution in [0.4, 0.5) is 0 Å². The molecule has 0 radical (unpaired) electrons. The number of aromatic nitrogens is 1. The number of ether oxygens (including phenoxy) is 1. The van der Waals surface area contributed by atoms with E-state index in [1.54, 1.807) is 11.3 Å². The molecular formula is C12H21Cl2N3O2S. The summed E-state index contributed by atoms with van der Waals surface area (Å²) in [6, 6.07) is 0. The maximum atomic E-state index is 11.8. The lowest BCUT2D eigenvalue weighted by molar-refractivity contribution is -0.124. The summed E-state index contributed by atoms with van der Waals surface area (Å²) in [4.78, 5) is 17.2. The van der Waals surface area contributed by atoms with Crippen LogP contribution in [0.15, 0.2) is 0 Å². The van der Waals surface area contributed by atoms with Gasteiger partial charge in [-0.25, -0.2) is 4.98 Å². The van der Waals surface area contributed by atoms with E-state index >= 15 is 0 Å². The minimum Gasteiger partial charge on any atom is -0.375 e. The van der Waals surface area contributed by atoms with E-state index in [2.05, 4.69) is 15.6 Å². The average Bonchev–Trinajstić information content (AvgIpc) is 2.66. The third-order valence-corrected chi connectivity index (χ3v) is 3.94. The Hall–Kier alpha value is -0.400. The lowest BCUT2D eigenvalue weighted by atomic mass is 10.2. The molecule has 0 aromatic carbocycles. The predicted octanol–water partition coefficient (Wildman–Crippen LogP) is 1.60. The molecule has 8 heteroatoms. The summed E-state index contributed by atoms with van der Waals surface area (Å²) in [5, 5.41) is 7.18. The highest BCUT2D eigenvalue weighted by Crippen LogP contribution is 2.16. The largest absolute Gasteiger partial charge is 0.375 e. The summed E-state index contributed by atoms with van der Waals surface area (Å²) < 4.78 is 5.50. The summed E-state index contributed by atoms with van der Waals surface area (Å²) in [6.07, 6.45) is 0.423. The first-order valence-corrected chi connectivity index (χ1v) is 6.98. The van der Waals surface area contributed by atoms with Gasteiger partial charge in [0.05, 0.1) is 36.4 Å². The van der Waals surface area contributed by atoms with Gasteiger partial charge in [-0.05, 0) is 13.8 Å². The first-order valence-electron chi connectivity index (χ1n) is 6.17. The van der Waals surface area contributed by atoms with Crippen molar-refractivity contribution in [3.8, 4) is 0 Å². The summed E-state index contributed by atoms with van der Waals surface area (Å²) in [5.74, 6) is 0.0363. The molecule has 2 N–H and O–H groups in total. The third-order valence-electron chi connectivity index (χ3n) is 2.86. The SMILES string of the molecule is Cc1nc(C)c(CNC(=O)CC2CNCCO2)s1.Cl.Cl. The zero-order chi connectivity index (χ0) is 13.0. The molecule has 1 saturated heterocycles. The Morgan fingerprint density at radius 3 is 2.80 bits per heavy atom. The van der Waals surface area contributed by atoms with E-state index in [-0.39, 0.29) is 36.8 Å². The Balaban J connectivity index is 0.00000180. The minimum absolute atomic E-state index is 0. The highest BCUT2D eigenvalue weighted by molar-refractivity contribution is 7.11. The molecule has 0 aliphatic carbocycles. The minimum atomic E-state index is 0. The lowest BCUT2D eigenvalue weighted by Crippen LogP contribution is -2.41. The van der Waals surface area contributed by atoms with E-state index < -0.39 is 0 Å². The van der Waals surface area contributed by atoms with Crippen molar-refractivity contribution in [3.63, 3.8) is 0 Å². The van der Waals surface area contributed by atoms with Gasteiger partial charge in [0.1, 0.15) is 0 Å². The molecule has 0 saturated carbocycles. The number of rotatable bonds is 4. The van der Waals surface area contributed by atoms with Gasteiger partial charge in [0.15, 0.2) is 0 Å². The van der Waals surface area contributed by atoms with Crippen molar-refractivity contribution in [3.05, 3.63) is 15.6 Å². The number of thiazole rings is 1. The van der Waals surface area contributed by atoms with E-state index in [1.165, 1.54) is 0 Å². The molecule has 1 amide bonds. The van der Waals surface area contributed by atoms with E-state index in [0.29, 0.717) is 19.6 Å². The summed E-state index contributed by atoms with van der Waals surface area (Å²) in [6.45, 7) is 6.83. The van der Waals surface area contributed by atoms with Crippen molar-refractivity contribution in [1.29, 1.82) is 0 Å². The van der Waals surface area contributed by atoms with Gasteiger partial charge in [-0.3, -0.25) is 4.79 Å². The average molecular weight is 342 g/mol. The summed E-state index contributed by atoms with van der Waals surface area (Å²) in [7, 11) is 0. The molecule has 2 rings (SSSR count). The third kappa shape index (κ3) is 5.93. The molecule has 1 fully saturated rings. The Morgan fingerprint density at radius 2 is 2.25 bits per heavy atom. The number of carbonyl (C=O) groups is 1. The molecule has 5 nitrogen and oxygen atoms in total. The molecule has 20 heavy (non-hydrogen) atoms. The van der Waals surface area contributed by atoms with E-state index in [0.717, 1.165) is 28.7 Å². The van der Waals surface area contributed by atoms with Crippen molar-refractivity contribution in [2.24, 2.45) is 0 Å². The zero-order valence-corrected chi connectivity index (χ0v) is 14.1. The van der Waals surface area contributed by atoms with Crippen molar-refractivity contribution < 1.29 is 9.53 Å². The monoisotopic (exact) mass is 341 g/mol. The molecule has 0 bridgehead atoms. The molecule has 2 heterocycles. The number of morpholine rings is 1. The Bertz CT molecular complexity index is 423. The quantitative estimate of drug-likeness (QED) is 0.873. The lowest BCUT2D eigenvalue weighted by Gasteiger charge is -2.22. The van der Waals surface area contributed by atoms with E-state index in [9.17, 15) is 4.79 Å². The number of nitrogens with one attached hydrogen (secondary N) is 2. The maximum absolute atomic E-state index is 11.8. The van der Waals surface area contributed by atoms with Crippen LogP contribution < -0.4 is 10.6 Å². The van der Waals surface area contributed by atoms with Crippen LogP contribution in [-0.2, 0) is 16.1 Å². The summed E-state index contributed by atoms with van der Waals surface area (Å²) in [5.41, 5.74) is 1.01. The van der Waals surface area contributed by atoms with Gasteiger partial charge in [0.25, 0.3) is 0 Å². The Labute approximate surface area is 135 Å². The number of aryl methyl sites for hydroxylation is 2. The van der Waals surface area contributed by atoms with Crippen LogP contribution in [0.1, 0.15) is 22.0 Å². The highest BCUT2D eigenvalue weighted by Gasteiger charge is 2.17. The maximum Gasteiger partial charge on any atom is 0.222 e. The van der Waals surface area contributed by atoms with E-state index in [1.807, 2.05) is 13.8 Å². The van der Waals surface area contributed by atoms with Crippen molar-refractivity contribution in [2.75, 3.05) is 19.7 Å². The van der Waals surface area contributed by atoms with Gasteiger partial charge in [-0.15, -0.1) is 36.2 Å². The van der Waals surface area contributed by atoms with Crippen LogP contribution in [0.25, 0.3) is 0 Å². The second kappa shape index (κ2) is 9.52. The predicted molar refractivity (Wildman–Crippen MR) is 85.2 cm³/mol. The molecule has 1 aromatic heterocycles. The second-order valence-corrected chi connectivity index (χ2v) is 5.71. The van der Waals surface area contributed by atoms with Crippen LogP contribution >= 0.6 is 36.2 Å². The normalized spacial score (nSPS) is 17.8. The molecule has 1 aromatic rings. The fourth-order valence-electron chi connectivity index (χ4n) is 1.95. The summed E-state index contributed by atoms with van der Waals surface area (Å²) >= 11 is 1.63. The smallest absolute Gasteiger partial charge is 0.222 e. The standard InChI is InChI=1S/C12H19N3O2S.2ClH/c1-8-11(18-9(2)15-8)7-14-12(16)5-10-6-13-3-4-17-10;;/h10,13H,3-7H2,1-2H3,(H,14,16);2*1H. The van der Waals surface area contributed by atoms with Crippen molar-refractivity contribution >= 4 is 42.1 Å². The van der Waals surface area contributed by atoms with E-state index in [4.69, 9.17) is 4.74 Å². The van der Waals surface area contributed by atoms with Gasteiger partial charge in [-0.2, -0.15) is 0 Å². The molecule has 1 aliphatic rings. The topological polar surface area (TPSA) is 63.2 Å². The molecule has 1 atom stereocenters. The van der Waals surface area contributed by atoms with Crippen LogP contribution in [0, 0.1) is 13.8 Å². The van der Waals surface area contributed by atoms with Crippen molar-refractivity contribution in [1.82, 2.24) is 15.6 Å². The number of halogens is 2. The second-order valence-electron chi connectivity index (χ2n) is 4.42. The molecule has 116 valence electrons. The molecule has 0 spiro atoms. The number of carbonyl (C=O) groups excluding carboxylic acids is 1. The number of amides is 1. The van der Waals surface area contributed by atoms with Crippen LogP contribution in [-0.4, -0.2) is 36.7 Å². The van der Waals surface area contributed by atoms with Crippen molar-refractivity contribution in [2.45, 2.75) is 32.9 Å². The Kier molecular flexibility index (Phi) is 9.33. The number of hydrogen-bond acceptors (Lipinski definition) is 5. The first-order chi connectivity index (χ1) is 8.65. The van der Waals surface area contributed by atoms with Gasteiger partial charge < -0.3 is 15.4 Å². The fraction of sp³-hybridized carbons (Fsp3) is 0.667. The Morgan fingerprint density at radius 1 is 1.50 bits per heavy atom. The molecule has 1 aliphatic heterocycles. The van der Waals surface area contributed by atoms with Gasteiger partial charge in [-0.1, -0.05) is 0 Å². The fourth-order valence-corrected chi connectivity index (χ4v) is 2.82.